The molecule has 0 heterocycles. The average molecular weight is 314 g/mol. The summed E-state index contributed by atoms with van der Waals surface area (Å²) < 4.78 is 0. The lowest BCUT2D eigenvalue weighted by Crippen LogP contribution is -2.05. The van der Waals surface area contributed by atoms with Crippen molar-refractivity contribution < 1.29 is 0 Å². The summed E-state index contributed by atoms with van der Waals surface area (Å²) >= 11 is 0. The summed E-state index contributed by atoms with van der Waals surface area (Å²) in [7, 11) is 0. The number of aryl methyl sites for hydroxylation is 1. The van der Waals surface area contributed by atoms with Crippen LogP contribution >= 0.6 is 0 Å². The van der Waals surface area contributed by atoms with Crippen molar-refractivity contribution in [1.82, 2.24) is 0 Å². The van der Waals surface area contributed by atoms with Crippen LogP contribution in [0, 0.1) is 0 Å². The molecule has 0 radical (unpaired) electrons. The SMILES string of the molecule is CCc1ccc([C@H](C)c2ccccc2[C@H](C)c2ccccc2)cc1. The fourth-order valence-corrected chi connectivity index (χ4v) is 3.44. The van der Waals surface area contributed by atoms with Crippen LogP contribution in [0.4, 0.5) is 0 Å². The first kappa shape index (κ1) is 16.5. The monoisotopic (exact) mass is 314 g/mol. The molecule has 0 heteroatoms. The van der Waals surface area contributed by atoms with Gasteiger partial charge in [-0.15, -0.1) is 0 Å². The maximum atomic E-state index is 2.32. The maximum Gasteiger partial charge on any atom is 0.00639 e. The molecule has 0 bridgehead atoms. The van der Waals surface area contributed by atoms with Gasteiger partial charge in [0.25, 0.3) is 0 Å². The number of hydrogen-bond acceptors (Lipinski definition) is 0. The topological polar surface area (TPSA) is 0 Å². The van der Waals surface area contributed by atoms with E-state index in [4.69, 9.17) is 0 Å². The zero-order chi connectivity index (χ0) is 16.9. The molecule has 0 aliphatic rings. The van der Waals surface area contributed by atoms with Gasteiger partial charge in [-0.1, -0.05) is 99.6 Å². The highest BCUT2D eigenvalue weighted by molar-refractivity contribution is 5.43. The molecule has 3 aromatic carbocycles. The van der Waals surface area contributed by atoms with E-state index in [0.717, 1.165) is 6.42 Å². The van der Waals surface area contributed by atoms with E-state index in [-0.39, 0.29) is 0 Å². The van der Waals surface area contributed by atoms with Crippen molar-refractivity contribution in [2.24, 2.45) is 0 Å². The zero-order valence-electron chi connectivity index (χ0n) is 14.9. The first-order chi connectivity index (χ1) is 11.7. The Morgan fingerprint density at radius 1 is 0.583 bits per heavy atom. The van der Waals surface area contributed by atoms with E-state index < -0.39 is 0 Å². The van der Waals surface area contributed by atoms with Gasteiger partial charge >= 0.3 is 0 Å². The van der Waals surface area contributed by atoms with E-state index in [9.17, 15) is 0 Å². The van der Waals surface area contributed by atoms with Crippen molar-refractivity contribution >= 4 is 0 Å². The fourth-order valence-electron chi connectivity index (χ4n) is 3.44. The van der Waals surface area contributed by atoms with Crippen molar-refractivity contribution in [2.75, 3.05) is 0 Å². The molecule has 2 atom stereocenters. The Kier molecular flexibility index (Phi) is 5.15. The van der Waals surface area contributed by atoms with Gasteiger partial charge < -0.3 is 0 Å². The van der Waals surface area contributed by atoms with Gasteiger partial charge in [-0.05, 0) is 34.2 Å². The molecular formula is C24H26. The Morgan fingerprint density at radius 2 is 1.04 bits per heavy atom. The van der Waals surface area contributed by atoms with Gasteiger partial charge in [0.15, 0.2) is 0 Å². The molecule has 0 amide bonds. The van der Waals surface area contributed by atoms with Crippen molar-refractivity contribution in [1.29, 1.82) is 0 Å². The third-order valence-corrected chi connectivity index (χ3v) is 5.12. The number of hydrogen-bond donors (Lipinski definition) is 0. The summed E-state index contributed by atoms with van der Waals surface area (Å²) in [5, 5.41) is 0. The van der Waals surface area contributed by atoms with Crippen molar-refractivity contribution in [3.05, 3.63) is 107 Å². The van der Waals surface area contributed by atoms with E-state index in [0.29, 0.717) is 11.8 Å². The lowest BCUT2D eigenvalue weighted by molar-refractivity contribution is 0.842. The number of benzene rings is 3. The standard InChI is InChI=1S/C24H26/c1-4-20-14-16-22(17-15-20)19(3)24-13-9-8-12-23(24)18(2)21-10-6-5-7-11-21/h5-19H,4H2,1-3H3/t18-,19+/m1/s1. The van der Waals surface area contributed by atoms with Crippen LogP contribution in [0.2, 0.25) is 0 Å². The first-order valence-electron chi connectivity index (χ1n) is 8.93. The van der Waals surface area contributed by atoms with Crippen molar-refractivity contribution in [3.63, 3.8) is 0 Å². The molecule has 0 fully saturated rings. The molecule has 0 saturated heterocycles. The second-order valence-electron chi connectivity index (χ2n) is 6.58. The van der Waals surface area contributed by atoms with Crippen molar-refractivity contribution in [3.8, 4) is 0 Å². The maximum absolute atomic E-state index is 2.32. The predicted octanol–water partition coefficient (Wildman–Crippen LogP) is 6.55. The third kappa shape index (κ3) is 3.43. The lowest BCUT2D eigenvalue weighted by atomic mass is 9.83. The van der Waals surface area contributed by atoms with Crippen molar-refractivity contribution in [2.45, 2.75) is 39.0 Å². The smallest absolute Gasteiger partial charge is 0.00639 e. The summed E-state index contributed by atoms with van der Waals surface area (Å²) in [6.45, 7) is 6.83. The highest BCUT2D eigenvalue weighted by Gasteiger charge is 2.17. The molecule has 0 nitrogen and oxygen atoms in total. The Labute approximate surface area is 146 Å². The van der Waals surface area contributed by atoms with Gasteiger partial charge in [-0.25, -0.2) is 0 Å². The summed E-state index contributed by atoms with van der Waals surface area (Å²) in [6.07, 6.45) is 1.09. The molecule has 0 N–H and O–H groups in total. The predicted molar refractivity (Wildman–Crippen MR) is 104 cm³/mol. The van der Waals surface area contributed by atoms with Crippen LogP contribution in [-0.4, -0.2) is 0 Å². The van der Waals surface area contributed by atoms with Gasteiger partial charge in [-0.2, -0.15) is 0 Å². The Bertz CT molecular complexity index is 769. The highest BCUT2D eigenvalue weighted by Crippen LogP contribution is 2.34. The second-order valence-corrected chi connectivity index (χ2v) is 6.58. The summed E-state index contributed by atoms with van der Waals surface area (Å²) in [6, 6.07) is 28.8. The minimum atomic E-state index is 0.401. The first-order valence-corrected chi connectivity index (χ1v) is 8.93. The molecule has 0 unspecified atom stereocenters. The van der Waals surface area contributed by atoms with Crippen LogP contribution in [0.1, 0.15) is 60.4 Å². The zero-order valence-corrected chi connectivity index (χ0v) is 14.9. The van der Waals surface area contributed by atoms with E-state index in [1.807, 2.05) is 0 Å². The van der Waals surface area contributed by atoms with E-state index in [2.05, 4.69) is 99.6 Å². The summed E-state index contributed by atoms with van der Waals surface area (Å²) in [5.74, 6) is 0.804. The van der Waals surface area contributed by atoms with E-state index in [1.165, 1.54) is 27.8 Å². The molecule has 24 heavy (non-hydrogen) atoms. The lowest BCUT2D eigenvalue weighted by Gasteiger charge is -2.22. The van der Waals surface area contributed by atoms with E-state index >= 15 is 0 Å². The van der Waals surface area contributed by atoms with Crippen LogP contribution < -0.4 is 0 Å². The molecule has 122 valence electrons. The minimum absolute atomic E-state index is 0.401. The van der Waals surface area contributed by atoms with Gasteiger partial charge in [-0.3, -0.25) is 0 Å². The van der Waals surface area contributed by atoms with Crippen LogP contribution in [-0.2, 0) is 6.42 Å². The van der Waals surface area contributed by atoms with Gasteiger partial charge in [0.1, 0.15) is 0 Å². The molecule has 0 saturated carbocycles. The van der Waals surface area contributed by atoms with Crippen LogP contribution in [0.15, 0.2) is 78.9 Å². The minimum Gasteiger partial charge on any atom is -0.0622 e. The third-order valence-electron chi connectivity index (χ3n) is 5.12. The Morgan fingerprint density at radius 3 is 1.54 bits per heavy atom. The van der Waals surface area contributed by atoms with Crippen LogP contribution in [0.3, 0.4) is 0 Å². The molecule has 3 aromatic rings. The largest absolute Gasteiger partial charge is 0.0622 e. The average Bonchev–Trinajstić information content (AvgIpc) is 2.67. The van der Waals surface area contributed by atoms with Gasteiger partial charge in [0.2, 0.25) is 0 Å². The van der Waals surface area contributed by atoms with Crippen LogP contribution in [0.25, 0.3) is 0 Å². The van der Waals surface area contributed by atoms with Gasteiger partial charge in [0.05, 0.1) is 0 Å². The summed E-state index contributed by atoms with van der Waals surface area (Å²) in [5.41, 5.74) is 7.02. The second kappa shape index (κ2) is 7.49. The molecular weight excluding hydrogens is 288 g/mol. The number of rotatable bonds is 5. The Hall–Kier alpha value is -2.34. The normalized spacial score (nSPS) is 13.5. The molecule has 0 aliphatic carbocycles. The quantitative estimate of drug-likeness (QED) is 0.500. The molecule has 0 spiro atoms. The highest BCUT2D eigenvalue weighted by atomic mass is 14.2. The van der Waals surface area contributed by atoms with E-state index in [1.54, 1.807) is 0 Å². The molecule has 0 aliphatic heterocycles. The van der Waals surface area contributed by atoms with Gasteiger partial charge in [0, 0.05) is 11.8 Å². The molecule has 3 rings (SSSR count). The Balaban J connectivity index is 1.96. The molecule has 0 aromatic heterocycles. The van der Waals surface area contributed by atoms with Crippen LogP contribution in [0.5, 0.6) is 0 Å². The summed E-state index contributed by atoms with van der Waals surface area (Å²) in [4.78, 5) is 0. The fraction of sp³-hybridized carbons (Fsp3) is 0.250.